The maximum absolute atomic E-state index is 12.9. The van der Waals surface area contributed by atoms with E-state index in [1.807, 2.05) is 0 Å². The highest BCUT2D eigenvalue weighted by Gasteiger charge is 2.54. The molecule has 0 unspecified atom stereocenters. The van der Waals surface area contributed by atoms with E-state index in [4.69, 9.17) is 10.6 Å². The van der Waals surface area contributed by atoms with Gasteiger partial charge in [-0.15, -0.1) is 23.1 Å². The highest BCUT2D eigenvalue weighted by molar-refractivity contribution is 8.00. The quantitative estimate of drug-likeness (QED) is 0.207. The Balaban J connectivity index is 1.55. The average Bonchev–Trinajstić information content (AvgIpc) is 3.35. The summed E-state index contributed by atoms with van der Waals surface area (Å²) in [5.74, 6) is -2.44. The third kappa shape index (κ3) is 4.06. The van der Waals surface area contributed by atoms with Gasteiger partial charge in [0.2, 0.25) is 5.91 Å². The van der Waals surface area contributed by atoms with E-state index in [-0.39, 0.29) is 33.9 Å². The van der Waals surface area contributed by atoms with Crippen LogP contribution in [0.5, 0.6) is 0 Å². The third-order valence-electron chi connectivity index (χ3n) is 5.34. The monoisotopic (exact) mass is 492 g/mol. The summed E-state index contributed by atoms with van der Waals surface area (Å²) < 4.78 is 0. The molecule has 174 valence electrons. The summed E-state index contributed by atoms with van der Waals surface area (Å²) in [7, 11) is 2.94. The standard InChI is InChI=1S/C19H20N6O6S2/c1-24-4-3-8(15(24)27)5-9-6-32-17-12(16(28)25(17)13(9)18(29)30)22-14(26)11(23-31-2)10-7-33-19(20)21-10/h5,7,12,17H,3-4,6H2,1-2H3,(H2,20,21)(H,22,26)(H,29,30)/t12-,17-/m1/s1. The van der Waals surface area contributed by atoms with E-state index in [2.05, 4.69) is 15.5 Å². The van der Waals surface area contributed by atoms with E-state index in [0.717, 1.165) is 16.2 Å². The van der Waals surface area contributed by atoms with Crippen molar-refractivity contribution in [2.24, 2.45) is 5.16 Å². The second kappa shape index (κ2) is 8.86. The molecule has 0 spiro atoms. The van der Waals surface area contributed by atoms with Crippen LogP contribution in [0.4, 0.5) is 5.13 Å². The van der Waals surface area contributed by atoms with Gasteiger partial charge in [-0.2, -0.15) is 0 Å². The molecular formula is C19H20N6O6S2. The Morgan fingerprint density at radius 3 is 2.76 bits per heavy atom. The predicted octanol–water partition coefficient (Wildman–Crippen LogP) is -0.397. The fraction of sp³-hybridized carbons (Fsp3) is 0.368. The number of likely N-dealkylation sites (tertiary alicyclic amines) is 1. The number of carboxylic acid groups (broad SMARTS) is 1. The molecule has 33 heavy (non-hydrogen) atoms. The van der Waals surface area contributed by atoms with Gasteiger partial charge in [-0.3, -0.25) is 19.3 Å². The smallest absolute Gasteiger partial charge is 0.352 e. The van der Waals surface area contributed by atoms with Gasteiger partial charge >= 0.3 is 5.97 Å². The first kappa shape index (κ1) is 22.8. The van der Waals surface area contributed by atoms with Gasteiger partial charge in [0.25, 0.3) is 11.8 Å². The molecule has 3 amide bonds. The van der Waals surface area contributed by atoms with Crippen LogP contribution in [0.1, 0.15) is 12.1 Å². The Morgan fingerprint density at radius 1 is 1.42 bits per heavy atom. The largest absolute Gasteiger partial charge is 0.477 e. The van der Waals surface area contributed by atoms with Gasteiger partial charge in [0, 0.05) is 30.3 Å². The summed E-state index contributed by atoms with van der Waals surface area (Å²) in [6.07, 6.45) is 2.07. The minimum atomic E-state index is -1.27. The number of aliphatic carboxylic acids is 1. The lowest BCUT2D eigenvalue weighted by atomic mass is 10.0. The number of nitrogens with two attached hydrogens (primary N) is 1. The number of thiazole rings is 1. The van der Waals surface area contributed by atoms with E-state index >= 15 is 0 Å². The van der Waals surface area contributed by atoms with Crippen molar-refractivity contribution in [3.05, 3.63) is 34.0 Å². The van der Waals surface area contributed by atoms with Gasteiger partial charge in [-0.05, 0) is 18.1 Å². The number of amides is 3. The number of rotatable bonds is 6. The second-order valence-corrected chi connectivity index (χ2v) is 9.37. The molecule has 2 saturated heterocycles. The van der Waals surface area contributed by atoms with Crippen molar-refractivity contribution in [1.82, 2.24) is 20.1 Å². The molecule has 4 heterocycles. The summed E-state index contributed by atoms with van der Waals surface area (Å²) >= 11 is 2.42. The molecule has 3 aliphatic rings. The Hall–Kier alpha value is -3.39. The van der Waals surface area contributed by atoms with Gasteiger partial charge in [0.15, 0.2) is 10.8 Å². The van der Waals surface area contributed by atoms with Crippen molar-refractivity contribution in [3.63, 3.8) is 0 Å². The van der Waals surface area contributed by atoms with Crippen molar-refractivity contribution in [3.8, 4) is 0 Å². The van der Waals surface area contributed by atoms with E-state index in [1.54, 1.807) is 18.0 Å². The fourth-order valence-electron chi connectivity index (χ4n) is 3.74. The number of carboxylic acids is 1. The normalized spacial score (nSPS) is 24.2. The van der Waals surface area contributed by atoms with Crippen LogP contribution in [-0.4, -0.2) is 87.2 Å². The maximum atomic E-state index is 12.9. The minimum Gasteiger partial charge on any atom is -0.477 e. The van der Waals surface area contributed by atoms with E-state index in [0.29, 0.717) is 24.1 Å². The van der Waals surface area contributed by atoms with E-state index in [9.17, 15) is 24.3 Å². The summed E-state index contributed by atoms with van der Waals surface area (Å²) in [5, 5.41) is 17.2. The average molecular weight is 493 g/mol. The van der Waals surface area contributed by atoms with Crippen molar-refractivity contribution in [2.75, 3.05) is 32.2 Å². The summed E-state index contributed by atoms with van der Waals surface area (Å²) in [6, 6.07) is -0.955. The zero-order valence-corrected chi connectivity index (χ0v) is 19.2. The van der Waals surface area contributed by atoms with Gasteiger partial charge < -0.3 is 25.9 Å². The van der Waals surface area contributed by atoms with Crippen LogP contribution in [-0.2, 0) is 24.0 Å². The number of thioether (sulfide) groups is 1. The highest BCUT2D eigenvalue weighted by Crippen LogP contribution is 2.41. The number of β-lactam (4-membered cyclic amide) rings is 1. The van der Waals surface area contributed by atoms with Gasteiger partial charge in [-0.25, -0.2) is 9.78 Å². The molecule has 0 aromatic carbocycles. The molecule has 0 saturated carbocycles. The lowest BCUT2D eigenvalue weighted by Gasteiger charge is -2.49. The first-order chi connectivity index (χ1) is 15.7. The maximum Gasteiger partial charge on any atom is 0.352 e. The molecule has 2 atom stereocenters. The van der Waals surface area contributed by atoms with Crippen LogP contribution in [0, 0.1) is 0 Å². The SMILES string of the molecule is CON=C(C(=O)N[C@@H]1C(=O)N2C(C(=O)O)=C(C=C3CCN(C)C3=O)CS[C@H]12)c1csc(N)n1. The lowest BCUT2D eigenvalue weighted by molar-refractivity contribution is -0.150. The number of nitrogen functional groups attached to an aromatic ring is 1. The van der Waals surface area contributed by atoms with Crippen molar-refractivity contribution in [1.29, 1.82) is 0 Å². The molecular weight excluding hydrogens is 472 g/mol. The van der Waals surface area contributed by atoms with E-state index < -0.39 is 29.2 Å². The molecule has 14 heteroatoms. The number of anilines is 1. The number of hydrogen-bond donors (Lipinski definition) is 3. The molecule has 1 aromatic rings. The Bertz CT molecular complexity index is 1140. The molecule has 0 radical (unpaired) electrons. The summed E-state index contributed by atoms with van der Waals surface area (Å²) in [4.78, 5) is 61.3. The topological polar surface area (TPSA) is 168 Å². The third-order valence-corrected chi connectivity index (χ3v) is 7.31. The number of carbonyl (C=O) groups is 4. The molecule has 0 aliphatic carbocycles. The van der Waals surface area contributed by atoms with Crippen LogP contribution in [0.2, 0.25) is 0 Å². The number of likely N-dealkylation sites (N-methyl/N-ethyl adjacent to an activating group) is 1. The van der Waals surface area contributed by atoms with Crippen LogP contribution in [0.15, 0.2) is 33.5 Å². The fourth-order valence-corrected chi connectivity index (χ4v) is 5.60. The number of hydrogen-bond acceptors (Lipinski definition) is 10. The molecule has 1 aromatic heterocycles. The minimum absolute atomic E-state index is 0.152. The van der Waals surface area contributed by atoms with Crippen molar-refractivity contribution < 1.29 is 29.1 Å². The van der Waals surface area contributed by atoms with Gasteiger partial charge in [0.05, 0.1) is 0 Å². The number of nitrogens with zero attached hydrogens (tertiary/aromatic N) is 4. The molecule has 12 nitrogen and oxygen atoms in total. The molecule has 2 fully saturated rings. The molecule has 4 rings (SSSR count). The van der Waals surface area contributed by atoms with Crippen molar-refractivity contribution >= 4 is 57.6 Å². The Kier molecular flexibility index (Phi) is 6.12. The van der Waals surface area contributed by atoms with Gasteiger partial charge in [-0.1, -0.05) is 5.16 Å². The number of oxime groups is 1. The van der Waals surface area contributed by atoms with Crippen molar-refractivity contribution in [2.45, 2.75) is 17.8 Å². The molecule has 0 bridgehead atoms. The highest BCUT2D eigenvalue weighted by atomic mass is 32.2. The van der Waals surface area contributed by atoms with Gasteiger partial charge in [0.1, 0.15) is 29.9 Å². The Labute approximate surface area is 196 Å². The number of nitrogens with one attached hydrogen (secondary N) is 1. The number of carbonyl (C=O) groups excluding carboxylic acids is 3. The first-order valence-corrected chi connectivity index (χ1v) is 11.7. The number of aromatic nitrogens is 1. The zero-order chi connectivity index (χ0) is 23.9. The van der Waals surface area contributed by atoms with Crippen LogP contribution in [0.3, 0.4) is 0 Å². The predicted molar refractivity (Wildman–Crippen MR) is 120 cm³/mol. The summed E-state index contributed by atoms with van der Waals surface area (Å²) in [5.41, 5.74) is 6.38. The molecule has 4 N–H and O–H groups in total. The molecule has 3 aliphatic heterocycles. The van der Waals surface area contributed by atoms with E-state index in [1.165, 1.54) is 24.3 Å². The number of allylic oxidation sites excluding steroid dienone is 1. The Morgan fingerprint density at radius 2 is 2.18 bits per heavy atom. The zero-order valence-electron chi connectivity index (χ0n) is 17.6. The second-order valence-electron chi connectivity index (χ2n) is 7.38. The van der Waals surface area contributed by atoms with Crippen LogP contribution in [0.25, 0.3) is 0 Å². The van der Waals surface area contributed by atoms with Crippen LogP contribution < -0.4 is 11.1 Å². The first-order valence-electron chi connectivity index (χ1n) is 9.73. The number of fused-ring (bicyclic) bond motifs is 1. The van der Waals surface area contributed by atoms with Crippen LogP contribution >= 0.6 is 23.1 Å². The lowest BCUT2D eigenvalue weighted by Crippen LogP contribution is -2.71. The summed E-state index contributed by atoms with van der Waals surface area (Å²) in [6.45, 7) is 0.558.